The fraction of sp³-hybridized carbons (Fsp3) is 0.290. The van der Waals surface area contributed by atoms with Crippen molar-refractivity contribution in [3.63, 3.8) is 0 Å². The summed E-state index contributed by atoms with van der Waals surface area (Å²) in [4.78, 5) is 47.0. The third-order valence-corrected chi connectivity index (χ3v) is 7.66. The molecule has 3 atom stereocenters. The maximum Gasteiger partial charge on any atom is 0.329 e. The number of rotatable bonds is 5. The first-order valence-electron chi connectivity index (χ1n) is 13.3. The van der Waals surface area contributed by atoms with Crippen LogP contribution in [0.5, 0.6) is 0 Å². The molecule has 0 spiro atoms. The number of carbonyl (C=O) groups is 3. The molecule has 204 valence electrons. The highest BCUT2D eigenvalue weighted by atomic mass is 16.4. The number of piperazine rings is 1. The smallest absolute Gasteiger partial charge is 0.329 e. The molecule has 2 aliphatic rings. The zero-order chi connectivity index (χ0) is 28.2. The third kappa shape index (κ3) is 5.21. The van der Waals surface area contributed by atoms with Crippen molar-refractivity contribution in [3.05, 3.63) is 96.1 Å². The first kappa shape index (κ1) is 26.8. The van der Waals surface area contributed by atoms with E-state index in [1.165, 1.54) is 4.90 Å². The zero-order valence-corrected chi connectivity index (χ0v) is 22.3. The quantitative estimate of drug-likeness (QED) is 0.489. The molecule has 9 nitrogen and oxygen atoms in total. The summed E-state index contributed by atoms with van der Waals surface area (Å²) in [6, 6.07) is 24.6. The van der Waals surface area contributed by atoms with Crippen LogP contribution in [0.2, 0.25) is 0 Å². The van der Waals surface area contributed by atoms with E-state index in [-0.39, 0.29) is 18.6 Å². The topological polar surface area (TPSA) is 108 Å². The van der Waals surface area contributed by atoms with Crippen LogP contribution in [0.4, 0.5) is 21.0 Å². The van der Waals surface area contributed by atoms with E-state index in [1.807, 2.05) is 72.8 Å². The van der Waals surface area contributed by atoms with Crippen LogP contribution < -0.4 is 4.90 Å². The molecule has 0 aromatic heterocycles. The summed E-state index contributed by atoms with van der Waals surface area (Å²) in [7, 11) is 1.69. The van der Waals surface area contributed by atoms with Gasteiger partial charge < -0.3 is 19.8 Å². The van der Waals surface area contributed by atoms with E-state index in [9.17, 15) is 19.5 Å². The summed E-state index contributed by atoms with van der Waals surface area (Å²) in [5.41, 5.74) is 2.67. The summed E-state index contributed by atoms with van der Waals surface area (Å²) in [6.07, 6.45) is 1.95. The molecule has 5 rings (SSSR count). The first-order chi connectivity index (χ1) is 19.4. The van der Waals surface area contributed by atoms with Crippen LogP contribution in [-0.4, -0.2) is 69.6 Å². The van der Waals surface area contributed by atoms with Gasteiger partial charge in [0.15, 0.2) is 6.04 Å². The molecule has 40 heavy (non-hydrogen) atoms. The second kappa shape index (κ2) is 11.5. The van der Waals surface area contributed by atoms with Crippen LogP contribution in [-0.2, 0) is 11.3 Å². The number of fused-ring (bicyclic) bond motifs is 2. The number of benzene rings is 3. The minimum atomic E-state index is -1.19. The van der Waals surface area contributed by atoms with Crippen molar-refractivity contribution < 1.29 is 19.5 Å². The number of carbonyl (C=O) groups excluding carboxylic acids is 2. The largest absolute Gasteiger partial charge is 0.480 e. The van der Waals surface area contributed by atoms with Crippen molar-refractivity contribution in [1.29, 1.82) is 5.26 Å². The summed E-state index contributed by atoms with van der Waals surface area (Å²) in [6.45, 7) is 0.440. The Morgan fingerprint density at radius 1 is 0.900 bits per heavy atom. The minimum Gasteiger partial charge on any atom is -0.480 e. The molecule has 2 heterocycles. The molecule has 0 radical (unpaired) electrons. The molecule has 0 aliphatic carbocycles. The van der Waals surface area contributed by atoms with E-state index >= 15 is 0 Å². The number of piperidine rings is 1. The van der Waals surface area contributed by atoms with Crippen molar-refractivity contribution in [2.45, 2.75) is 43.9 Å². The monoisotopic (exact) mass is 537 g/mol. The van der Waals surface area contributed by atoms with Crippen molar-refractivity contribution in [2.24, 2.45) is 0 Å². The summed E-state index contributed by atoms with van der Waals surface area (Å²) in [5.74, 6) is -1.13. The number of likely N-dealkylation sites (tertiary alicyclic amines) is 1. The van der Waals surface area contributed by atoms with Gasteiger partial charge in [0, 0.05) is 20.1 Å². The number of amides is 4. The summed E-state index contributed by atoms with van der Waals surface area (Å²) in [5, 5.41) is 19.5. The fourth-order valence-electron chi connectivity index (χ4n) is 5.82. The molecule has 0 unspecified atom stereocenters. The average Bonchev–Trinajstić information content (AvgIpc) is 2.97. The number of carboxylic acid groups (broad SMARTS) is 1. The van der Waals surface area contributed by atoms with E-state index in [0.29, 0.717) is 36.3 Å². The Kier molecular flexibility index (Phi) is 7.69. The molecule has 3 aromatic carbocycles. The summed E-state index contributed by atoms with van der Waals surface area (Å²) >= 11 is 0. The highest BCUT2D eigenvalue weighted by Crippen LogP contribution is 2.36. The van der Waals surface area contributed by atoms with Gasteiger partial charge in [-0.15, -0.1) is 0 Å². The van der Waals surface area contributed by atoms with Gasteiger partial charge in [0.1, 0.15) is 0 Å². The lowest BCUT2D eigenvalue weighted by Gasteiger charge is -2.54. The number of urea groups is 2. The number of para-hydroxylation sites is 2. The van der Waals surface area contributed by atoms with Crippen molar-refractivity contribution in [1.82, 2.24) is 14.7 Å². The second-order valence-corrected chi connectivity index (χ2v) is 10.2. The first-order valence-corrected chi connectivity index (χ1v) is 13.3. The Balaban J connectivity index is 1.43. The molecule has 2 saturated heterocycles. The number of carboxylic acids is 1. The second-order valence-electron chi connectivity index (χ2n) is 10.2. The fourth-order valence-corrected chi connectivity index (χ4v) is 5.82. The predicted octanol–water partition coefficient (Wildman–Crippen LogP) is 5.06. The molecule has 2 aliphatic heterocycles. The van der Waals surface area contributed by atoms with Crippen LogP contribution in [0.3, 0.4) is 0 Å². The van der Waals surface area contributed by atoms with Crippen LogP contribution in [0.15, 0.2) is 84.9 Å². The SMILES string of the molecule is CN(Cc1ccc(C#N)cc1)C(=O)N1[C@H]2CCC[C@@H]1[C@@H](C(=O)O)N(C(=O)N(c1ccccc1)c1ccccc1)C2. The molecule has 2 fully saturated rings. The lowest BCUT2D eigenvalue weighted by atomic mass is 9.86. The van der Waals surface area contributed by atoms with Gasteiger partial charge in [-0.05, 0) is 61.2 Å². The van der Waals surface area contributed by atoms with E-state index in [4.69, 9.17) is 5.26 Å². The van der Waals surface area contributed by atoms with Crippen LogP contribution >= 0.6 is 0 Å². The zero-order valence-electron chi connectivity index (χ0n) is 22.3. The maximum absolute atomic E-state index is 14.2. The summed E-state index contributed by atoms with van der Waals surface area (Å²) < 4.78 is 0. The Bertz CT molecular complexity index is 1370. The standard InChI is InChI=1S/C31H31N5O4/c1-33(20-23-17-15-22(19-32)16-18-23)30(39)36-26-13-8-14-27(36)28(29(37)38)34(21-26)31(40)35(24-9-4-2-5-10-24)25-11-6-3-7-12-25/h2-7,9-12,15-18,26-28H,8,13-14,20-21H2,1H3,(H,37,38)/t26-,27+,28-/m0/s1. The van der Waals surface area contributed by atoms with Gasteiger partial charge >= 0.3 is 18.0 Å². The minimum absolute atomic E-state index is 0.124. The van der Waals surface area contributed by atoms with Gasteiger partial charge in [-0.1, -0.05) is 48.5 Å². The lowest BCUT2D eigenvalue weighted by molar-refractivity contribution is -0.148. The molecular formula is C31H31N5O4. The Labute approximate surface area is 233 Å². The van der Waals surface area contributed by atoms with Crippen molar-refractivity contribution >= 4 is 29.4 Å². The maximum atomic E-state index is 14.2. The Morgan fingerprint density at radius 3 is 2.05 bits per heavy atom. The number of aliphatic carboxylic acids is 1. The predicted molar refractivity (Wildman–Crippen MR) is 150 cm³/mol. The van der Waals surface area contributed by atoms with E-state index in [1.54, 1.807) is 33.9 Å². The molecule has 9 heteroatoms. The van der Waals surface area contributed by atoms with Gasteiger partial charge in [0.2, 0.25) is 0 Å². The number of nitriles is 1. The van der Waals surface area contributed by atoms with E-state index in [0.717, 1.165) is 12.0 Å². The van der Waals surface area contributed by atoms with Gasteiger partial charge in [-0.3, -0.25) is 4.90 Å². The van der Waals surface area contributed by atoms with E-state index in [2.05, 4.69) is 6.07 Å². The van der Waals surface area contributed by atoms with E-state index < -0.39 is 24.1 Å². The lowest BCUT2D eigenvalue weighted by Crippen LogP contribution is -2.72. The number of hydrogen-bond donors (Lipinski definition) is 1. The molecule has 0 saturated carbocycles. The molecule has 3 aromatic rings. The van der Waals surface area contributed by atoms with Crippen molar-refractivity contribution in [2.75, 3.05) is 18.5 Å². The Hall–Kier alpha value is -4.84. The Morgan fingerprint density at radius 2 is 1.50 bits per heavy atom. The molecule has 1 N–H and O–H groups in total. The molecule has 2 bridgehead atoms. The third-order valence-electron chi connectivity index (χ3n) is 7.66. The van der Waals surface area contributed by atoms with Gasteiger partial charge in [0.05, 0.1) is 35.1 Å². The van der Waals surface area contributed by atoms with Crippen LogP contribution in [0.25, 0.3) is 0 Å². The van der Waals surface area contributed by atoms with Gasteiger partial charge in [-0.2, -0.15) is 5.26 Å². The van der Waals surface area contributed by atoms with Crippen molar-refractivity contribution in [3.8, 4) is 6.07 Å². The average molecular weight is 538 g/mol. The van der Waals surface area contributed by atoms with Gasteiger partial charge in [0.25, 0.3) is 0 Å². The number of anilines is 2. The normalized spacial score (nSPS) is 19.9. The number of hydrogen-bond acceptors (Lipinski definition) is 4. The highest BCUT2D eigenvalue weighted by Gasteiger charge is 2.52. The van der Waals surface area contributed by atoms with Crippen LogP contribution in [0.1, 0.15) is 30.4 Å². The van der Waals surface area contributed by atoms with Crippen LogP contribution in [0, 0.1) is 11.3 Å². The molecular weight excluding hydrogens is 506 g/mol. The number of nitrogens with zero attached hydrogens (tertiary/aromatic N) is 5. The molecule has 4 amide bonds. The van der Waals surface area contributed by atoms with Gasteiger partial charge in [-0.25, -0.2) is 14.4 Å². The highest BCUT2D eigenvalue weighted by molar-refractivity contribution is 6.01.